The molecule has 0 aliphatic carbocycles. The van der Waals surface area contributed by atoms with Crippen molar-refractivity contribution in [3.63, 3.8) is 0 Å². The van der Waals surface area contributed by atoms with E-state index in [1.54, 1.807) is 36.4 Å². The average Bonchev–Trinajstić information content (AvgIpc) is 2.67. The first-order valence-corrected chi connectivity index (χ1v) is 8.69. The molecule has 0 radical (unpaired) electrons. The van der Waals surface area contributed by atoms with Crippen molar-refractivity contribution in [2.24, 2.45) is 5.73 Å². The van der Waals surface area contributed by atoms with Crippen LogP contribution in [-0.4, -0.2) is 5.91 Å². The standard InChI is InChI=1S/C21H18ClFN2O2/c22-19-2-1-3-20(23)18(19)13-27-17-10-4-14(5-11-17)12-25-16-8-6-15(7-9-16)21(24)26/h1-11,25H,12-13H2,(H2,24,26). The van der Waals surface area contributed by atoms with E-state index in [4.69, 9.17) is 22.1 Å². The second kappa shape index (κ2) is 8.56. The highest BCUT2D eigenvalue weighted by molar-refractivity contribution is 6.31. The summed E-state index contributed by atoms with van der Waals surface area (Å²) >= 11 is 5.99. The van der Waals surface area contributed by atoms with Gasteiger partial charge in [-0.2, -0.15) is 0 Å². The fourth-order valence-electron chi connectivity index (χ4n) is 2.49. The summed E-state index contributed by atoms with van der Waals surface area (Å²) in [6.45, 7) is 0.671. The van der Waals surface area contributed by atoms with E-state index in [-0.39, 0.29) is 12.4 Å². The maximum atomic E-state index is 13.7. The Morgan fingerprint density at radius 1 is 1.04 bits per heavy atom. The van der Waals surface area contributed by atoms with Gasteiger partial charge in [-0.05, 0) is 54.1 Å². The van der Waals surface area contributed by atoms with E-state index >= 15 is 0 Å². The Morgan fingerprint density at radius 3 is 2.37 bits per heavy atom. The third-order valence-electron chi connectivity index (χ3n) is 4.03. The van der Waals surface area contributed by atoms with Crippen LogP contribution in [0.4, 0.5) is 10.1 Å². The van der Waals surface area contributed by atoms with E-state index in [9.17, 15) is 9.18 Å². The minimum atomic E-state index is -0.450. The smallest absolute Gasteiger partial charge is 0.248 e. The number of nitrogens with one attached hydrogen (secondary N) is 1. The minimum Gasteiger partial charge on any atom is -0.489 e. The van der Waals surface area contributed by atoms with Crippen molar-refractivity contribution in [1.29, 1.82) is 0 Å². The molecule has 0 spiro atoms. The zero-order valence-electron chi connectivity index (χ0n) is 14.4. The summed E-state index contributed by atoms with van der Waals surface area (Å²) in [6.07, 6.45) is 0. The van der Waals surface area contributed by atoms with Crippen molar-refractivity contribution in [3.05, 3.63) is 94.3 Å². The molecule has 0 fully saturated rings. The highest BCUT2D eigenvalue weighted by Crippen LogP contribution is 2.22. The number of halogens is 2. The van der Waals surface area contributed by atoms with Crippen LogP contribution in [0.1, 0.15) is 21.5 Å². The third-order valence-corrected chi connectivity index (χ3v) is 4.39. The van der Waals surface area contributed by atoms with Crippen LogP contribution in [0.25, 0.3) is 0 Å². The van der Waals surface area contributed by atoms with Crippen molar-refractivity contribution >= 4 is 23.2 Å². The van der Waals surface area contributed by atoms with Crippen LogP contribution < -0.4 is 15.8 Å². The van der Waals surface area contributed by atoms with Crippen LogP contribution in [0.5, 0.6) is 5.75 Å². The molecule has 1 amide bonds. The average molecular weight is 385 g/mol. The predicted octanol–water partition coefficient (Wildman–Crippen LogP) is 4.77. The van der Waals surface area contributed by atoms with Gasteiger partial charge in [0, 0.05) is 23.4 Å². The SMILES string of the molecule is NC(=O)c1ccc(NCc2ccc(OCc3c(F)cccc3Cl)cc2)cc1. The van der Waals surface area contributed by atoms with Crippen LogP contribution in [0.2, 0.25) is 5.02 Å². The fraction of sp³-hybridized carbons (Fsp3) is 0.0952. The van der Waals surface area contributed by atoms with Gasteiger partial charge in [0.1, 0.15) is 18.2 Å². The van der Waals surface area contributed by atoms with Crippen LogP contribution in [0.15, 0.2) is 66.7 Å². The first-order valence-electron chi connectivity index (χ1n) is 8.31. The fourth-order valence-corrected chi connectivity index (χ4v) is 2.70. The van der Waals surface area contributed by atoms with E-state index in [1.165, 1.54) is 6.07 Å². The highest BCUT2D eigenvalue weighted by Gasteiger charge is 2.07. The largest absolute Gasteiger partial charge is 0.489 e. The zero-order chi connectivity index (χ0) is 19.2. The number of rotatable bonds is 7. The number of anilines is 1. The normalized spacial score (nSPS) is 10.4. The lowest BCUT2D eigenvalue weighted by Gasteiger charge is -2.10. The van der Waals surface area contributed by atoms with Crippen molar-refractivity contribution in [2.75, 3.05) is 5.32 Å². The van der Waals surface area contributed by atoms with Gasteiger partial charge in [0.05, 0.1) is 5.02 Å². The number of hydrogen-bond acceptors (Lipinski definition) is 3. The van der Waals surface area contributed by atoms with E-state index in [0.29, 0.717) is 28.4 Å². The molecule has 6 heteroatoms. The van der Waals surface area contributed by atoms with Crippen molar-refractivity contribution in [2.45, 2.75) is 13.2 Å². The molecule has 138 valence electrons. The Labute approximate surface area is 161 Å². The number of benzene rings is 3. The Kier molecular flexibility index (Phi) is 5.94. The summed E-state index contributed by atoms with van der Waals surface area (Å²) in [7, 11) is 0. The summed E-state index contributed by atoms with van der Waals surface area (Å²) in [5.74, 6) is -0.205. The lowest BCUT2D eigenvalue weighted by Crippen LogP contribution is -2.10. The quantitative estimate of drug-likeness (QED) is 0.616. The van der Waals surface area contributed by atoms with Crippen LogP contribution in [0, 0.1) is 5.82 Å². The van der Waals surface area contributed by atoms with Crippen molar-refractivity contribution in [1.82, 2.24) is 0 Å². The number of nitrogens with two attached hydrogens (primary N) is 1. The maximum absolute atomic E-state index is 13.7. The molecule has 3 rings (SSSR count). The Morgan fingerprint density at radius 2 is 1.74 bits per heavy atom. The number of primary amides is 1. The van der Waals surface area contributed by atoms with Gasteiger partial charge in [0.2, 0.25) is 5.91 Å². The van der Waals surface area contributed by atoms with Gasteiger partial charge in [-0.15, -0.1) is 0 Å². The number of carbonyl (C=O) groups is 1. The molecule has 0 atom stereocenters. The third kappa shape index (κ3) is 4.99. The van der Waals surface area contributed by atoms with Crippen molar-refractivity contribution < 1.29 is 13.9 Å². The predicted molar refractivity (Wildman–Crippen MR) is 104 cm³/mol. The van der Waals surface area contributed by atoms with E-state index in [1.807, 2.05) is 24.3 Å². The molecule has 4 nitrogen and oxygen atoms in total. The Balaban J connectivity index is 1.55. The molecule has 0 bridgehead atoms. The lowest BCUT2D eigenvalue weighted by atomic mass is 10.2. The minimum absolute atomic E-state index is 0.0648. The number of hydrogen-bond donors (Lipinski definition) is 2. The number of ether oxygens (including phenoxy) is 1. The zero-order valence-corrected chi connectivity index (χ0v) is 15.2. The van der Waals surface area contributed by atoms with E-state index < -0.39 is 5.91 Å². The molecule has 0 aliphatic rings. The number of carbonyl (C=O) groups excluding carboxylic acids is 1. The molecule has 3 aromatic carbocycles. The van der Waals surface area contributed by atoms with Gasteiger partial charge >= 0.3 is 0 Å². The van der Waals surface area contributed by atoms with Gasteiger partial charge in [-0.25, -0.2) is 4.39 Å². The van der Waals surface area contributed by atoms with E-state index in [2.05, 4.69) is 5.32 Å². The summed E-state index contributed by atoms with van der Waals surface area (Å²) in [5, 5.41) is 3.60. The molecule has 0 unspecified atom stereocenters. The molecule has 0 heterocycles. The van der Waals surface area contributed by atoms with Gasteiger partial charge in [-0.1, -0.05) is 29.8 Å². The topological polar surface area (TPSA) is 64.4 Å². The molecule has 0 saturated heterocycles. The number of amides is 1. The summed E-state index contributed by atoms with van der Waals surface area (Å²) in [4.78, 5) is 11.1. The summed E-state index contributed by atoms with van der Waals surface area (Å²) in [6, 6.07) is 19.0. The van der Waals surface area contributed by atoms with Crippen molar-refractivity contribution in [3.8, 4) is 5.75 Å². The van der Waals surface area contributed by atoms with Gasteiger partial charge in [-0.3, -0.25) is 4.79 Å². The summed E-state index contributed by atoms with van der Waals surface area (Å²) < 4.78 is 19.4. The Hall–Kier alpha value is -3.05. The van der Waals surface area contributed by atoms with Crippen LogP contribution >= 0.6 is 11.6 Å². The first kappa shape index (κ1) is 18.7. The monoisotopic (exact) mass is 384 g/mol. The molecule has 0 saturated carbocycles. The molecule has 0 aromatic heterocycles. The second-order valence-electron chi connectivity index (χ2n) is 5.93. The van der Waals surface area contributed by atoms with Gasteiger partial charge in [0.15, 0.2) is 0 Å². The van der Waals surface area contributed by atoms with Crippen LogP contribution in [0.3, 0.4) is 0 Å². The van der Waals surface area contributed by atoms with Gasteiger partial charge < -0.3 is 15.8 Å². The second-order valence-corrected chi connectivity index (χ2v) is 6.34. The molecular weight excluding hydrogens is 367 g/mol. The maximum Gasteiger partial charge on any atom is 0.248 e. The molecule has 3 aromatic rings. The summed E-state index contributed by atoms with van der Waals surface area (Å²) in [5.41, 5.74) is 7.96. The molecule has 3 N–H and O–H groups in total. The van der Waals surface area contributed by atoms with E-state index in [0.717, 1.165) is 11.3 Å². The highest BCUT2D eigenvalue weighted by atomic mass is 35.5. The van der Waals surface area contributed by atoms with Crippen LogP contribution in [-0.2, 0) is 13.2 Å². The van der Waals surface area contributed by atoms with Gasteiger partial charge in [0.25, 0.3) is 0 Å². The molecule has 27 heavy (non-hydrogen) atoms. The molecular formula is C21H18ClFN2O2. The first-order chi connectivity index (χ1) is 13.0. The lowest BCUT2D eigenvalue weighted by molar-refractivity contribution is 0.100. The Bertz CT molecular complexity index is 908. The molecule has 0 aliphatic heterocycles.